The van der Waals surface area contributed by atoms with Crippen LogP contribution in [-0.2, 0) is 10.9 Å². The molecule has 33 heavy (non-hydrogen) atoms. The molecule has 3 heterocycles. The van der Waals surface area contributed by atoms with Crippen LogP contribution in [0.3, 0.4) is 0 Å². The molecule has 1 amide bonds. The third kappa shape index (κ3) is 4.07. The first-order chi connectivity index (χ1) is 15.5. The molecule has 0 aliphatic carbocycles. The number of fused-ring (bicyclic) bond motifs is 2. The number of para-hydroxylation sites is 1. The van der Waals surface area contributed by atoms with Crippen LogP contribution in [0, 0.1) is 0 Å². The maximum Gasteiger partial charge on any atom is 0.416 e. The number of rotatable bonds is 1. The quantitative estimate of drug-likeness (QED) is 0.310. The van der Waals surface area contributed by atoms with Gasteiger partial charge in [-0.25, -0.2) is 9.78 Å². The Labute approximate surface area is 193 Å². The highest BCUT2D eigenvalue weighted by molar-refractivity contribution is 7.99. The van der Waals surface area contributed by atoms with Crippen molar-refractivity contribution in [2.24, 2.45) is 0 Å². The topological polar surface area (TPSA) is 47.4 Å². The van der Waals surface area contributed by atoms with Crippen molar-refractivity contribution < 1.29 is 22.7 Å². The smallest absolute Gasteiger partial charge is 0.416 e. The highest BCUT2D eigenvalue weighted by Gasteiger charge is 2.36. The summed E-state index contributed by atoms with van der Waals surface area (Å²) in [5, 5.41) is 0. The average molecular weight is 476 g/mol. The molecule has 0 atom stereocenters. The van der Waals surface area contributed by atoms with Crippen molar-refractivity contribution in [1.29, 1.82) is 0 Å². The summed E-state index contributed by atoms with van der Waals surface area (Å²) >= 11 is 1.34. The molecule has 174 valence electrons. The molecule has 0 saturated carbocycles. The molecule has 0 spiro atoms. The molecule has 3 aromatic rings. The van der Waals surface area contributed by atoms with E-state index < -0.39 is 17.3 Å². The zero-order valence-corrected chi connectivity index (χ0v) is 19.4. The Bertz CT molecular complexity index is 1240. The van der Waals surface area contributed by atoms with Crippen LogP contribution in [0.25, 0.3) is 16.7 Å². The van der Waals surface area contributed by atoms with Gasteiger partial charge in [0.15, 0.2) is 0 Å². The van der Waals surface area contributed by atoms with Crippen LogP contribution in [0.15, 0.2) is 46.2 Å². The van der Waals surface area contributed by atoms with Gasteiger partial charge in [-0.2, -0.15) is 13.2 Å². The second-order valence-corrected chi connectivity index (χ2v) is 10.5. The van der Waals surface area contributed by atoms with Gasteiger partial charge in [0.2, 0.25) is 0 Å². The average Bonchev–Trinajstić information content (AvgIpc) is 3.13. The van der Waals surface area contributed by atoms with E-state index in [0.29, 0.717) is 36.3 Å². The van der Waals surface area contributed by atoms with E-state index >= 15 is 0 Å². The molecule has 1 fully saturated rings. The van der Waals surface area contributed by atoms with E-state index in [1.165, 1.54) is 17.8 Å². The lowest BCUT2D eigenvalue weighted by atomic mass is 9.96. The number of hydrogen-bond acceptors (Lipinski definition) is 4. The number of carbonyl (C=O) groups is 1. The van der Waals surface area contributed by atoms with Gasteiger partial charge < -0.3 is 9.64 Å². The van der Waals surface area contributed by atoms with Gasteiger partial charge in [-0.3, -0.25) is 4.57 Å². The molecular formula is C24H24F3N3O2S. The normalized spacial score (nSPS) is 16.7. The van der Waals surface area contributed by atoms with Crippen molar-refractivity contribution in [3.63, 3.8) is 0 Å². The third-order valence-electron chi connectivity index (χ3n) is 5.91. The highest BCUT2D eigenvalue weighted by Crippen LogP contribution is 2.47. The Kier molecular flexibility index (Phi) is 5.15. The number of halogens is 3. The number of nitrogens with zero attached hydrogens (tertiary/aromatic N) is 3. The van der Waals surface area contributed by atoms with E-state index in [-0.39, 0.29) is 12.0 Å². The molecule has 1 saturated heterocycles. The lowest BCUT2D eigenvalue weighted by molar-refractivity contribution is -0.137. The summed E-state index contributed by atoms with van der Waals surface area (Å²) < 4.78 is 48.2. The van der Waals surface area contributed by atoms with Crippen molar-refractivity contribution in [1.82, 2.24) is 14.5 Å². The van der Waals surface area contributed by atoms with Crippen LogP contribution >= 0.6 is 11.8 Å². The van der Waals surface area contributed by atoms with Crippen molar-refractivity contribution in [2.75, 3.05) is 13.1 Å². The highest BCUT2D eigenvalue weighted by atomic mass is 32.2. The molecule has 2 aromatic carbocycles. The Balaban J connectivity index is 1.53. The van der Waals surface area contributed by atoms with E-state index in [1.807, 2.05) is 49.6 Å². The number of carbonyl (C=O) groups excluding carboxylic acids is 1. The van der Waals surface area contributed by atoms with E-state index in [4.69, 9.17) is 9.72 Å². The maximum atomic E-state index is 13.6. The van der Waals surface area contributed by atoms with Crippen LogP contribution < -0.4 is 0 Å². The Morgan fingerprint density at radius 1 is 1.09 bits per heavy atom. The predicted molar refractivity (Wildman–Crippen MR) is 120 cm³/mol. The molecule has 0 unspecified atom stereocenters. The van der Waals surface area contributed by atoms with Crippen LogP contribution in [0.2, 0.25) is 0 Å². The zero-order chi connectivity index (χ0) is 23.5. The summed E-state index contributed by atoms with van der Waals surface area (Å²) in [5.41, 5.74) is 0.754. The second-order valence-electron chi connectivity index (χ2n) is 9.46. The number of hydrogen-bond donors (Lipinski definition) is 0. The third-order valence-corrected chi connectivity index (χ3v) is 7.00. The SMILES string of the molecule is CC(C)(C)OC(=O)N1CCC(c2nc3cc(C(F)(F)F)cc4c3n2-c2ccccc2S4)CC1. The van der Waals surface area contributed by atoms with E-state index in [2.05, 4.69) is 0 Å². The molecule has 0 radical (unpaired) electrons. The lowest BCUT2D eigenvalue weighted by Gasteiger charge is -2.33. The monoisotopic (exact) mass is 475 g/mol. The number of likely N-dealkylation sites (tertiary alicyclic amines) is 1. The van der Waals surface area contributed by atoms with Crippen molar-refractivity contribution >= 4 is 28.9 Å². The van der Waals surface area contributed by atoms with Gasteiger partial charge in [0.05, 0.1) is 22.3 Å². The number of alkyl halides is 3. The first kappa shape index (κ1) is 22.1. The van der Waals surface area contributed by atoms with E-state index in [0.717, 1.165) is 28.0 Å². The molecule has 2 aliphatic rings. The van der Waals surface area contributed by atoms with Crippen LogP contribution in [-0.4, -0.2) is 39.2 Å². The molecule has 5 nitrogen and oxygen atoms in total. The van der Waals surface area contributed by atoms with Crippen molar-refractivity contribution in [2.45, 2.75) is 61.1 Å². The lowest BCUT2D eigenvalue weighted by Crippen LogP contribution is -2.41. The zero-order valence-electron chi connectivity index (χ0n) is 18.6. The Hall–Kier alpha value is -2.68. The first-order valence-electron chi connectivity index (χ1n) is 10.9. The van der Waals surface area contributed by atoms with Gasteiger partial charge in [-0.15, -0.1) is 0 Å². The maximum absolute atomic E-state index is 13.6. The summed E-state index contributed by atoms with van der Waals surface area (Å²) in [5.74, 6) is 0.775. The first-order valence-corrected chi connectivity index (χ1v) is 11.7. The standard InChI is InChI=1S/C24H24F3N3O2S/c1-23(2,3)32-22(31)29-10-8-14(9-11-29)21-28-16-12-15(24(25,26)27)13-19-20(16)30(21)17-6-4-5-7-18(17)33-19/h4-7,12-14H,8-11H2,1-3H3. The molecule has 0 bridgehead atoms. The predicted octanol–water partition coefficient (Wildman–Crippen LogP) is 6.62. The van der Waals surface area contributed by atoms with E-state index in [9.17, 15) is 18.0 Å². The summed E-state index contributed by atoms with van der Waals surface area (Å²) in [7, 11) is 0. The Morgan fingerprint density at radius 3 is 2.45 bits per heavy atom. The Morgan fingerprint density at radius 2 is 1.79 bits per heavy atom. The summed E-state index contributed by atoms with van der Waals surface area (Å²) in [4.78, 5) is 20.3. The number of amides is 1. The fourth-order valence-electron chi connectivity index (χ4n) is 4.44. The van der Waals surface area contributed by atoms with Gasteiger partial charge in [-0.1, -0.05) is 23.9 Å². The van der Waals surface area contributed by atoms with Gasteiger partial charge >= 0.3 is 12.3 Å². The van der Waals surface area contributed by atoms with Gasteiger partial charge in [0.25, 0.3) is 0 Å². The number of imidazole rings is 1. The minimum atomic E-state index is -4.44. The van der Waals surface area contributed by atoms with Gasteiger partial charge in [0, 0.05) is 28.8 Å². The van der Waals surface area contributed by atoms with Crippen LogP contribution in [0.1, 0.15) is 50.9 Å². The number of piperidine rings is 1. The molecule has 2 aliphatic heterocycles. The van der Waals surface area contributed by atoms with Crippen molar-refractivity contribution in [3.05, 3.63) is 47.8 Å². The molecule has 1 aromatic heterocycles. The molecular weight excluding hydrogens is 451 g/mol. The molecule has 5 rings (SSSR count). The van der Waals surface area contributed by atoms with Crippen molar-refractivity contribution in [3.8, 4) is 5.69 Å². The second kappa shape index (κ2) is 7.68. The van der Waals surface area contributed by atoms with Gasteiger partial charge in [-0.05, 0) is 57.9 Å². The molecule has 0 N–H and O–H groups in total. The number of benzene rings is 2. The van der Waals surface area contributed by atoms with Crippen LogP contribution in [0.5, 0.6) is 0 Å². The fraction of sp³-hybridized carbons (Fsp3) is 0.417. The fourth-order valence-corrected chi connectivity index (χ4v) is 5.57. The largest absolute Gasteiger partial charge is 0.444 e. The number of aromatic nitrogens is 2. The van der Waals surface area contributed by atoms with E-state index in [1.54, 1.807) is 4.90 Å². The van der Waals surface area contributed by atoms with Gasteiger partial charge in [0.1, 0.15) is 11.4 Å². The van der Waals surface area contributed by atoms with Crippen LogP contribution in [0.4, 0.5) is 18.0 Å². The number of ether oxygens (including phenoxy) is 1. The summed E-state index contributed by atoms with van der Waals surface area (Å²) in [6, 6.07) is 10.1. The summed E-state index contributed by atoms with van der Waals surface area (Å²) in [6.07, 6.45) is -3.45. The molecule has 9 heteroatoms. The minimum Gasteiger partial charge on any atom is -0.444 e. The summed E-state index contributed by atoms with van der Waals surface area (Å²) in [6.45, 7) is 6.53. The minimum absolute atomic E-state index is 0.0226.